The maximum absolute atomic E-state index is 12.1. The van der Waals surface area contributed by atoms with Gasteiger partial charge in [-0.25, -0.2) is 0 Å². The molecule has 1 aromatic carbocycles. The van der Waals surface area contributed by atoms with E-state index in [1.807, 2.05) is 6.92 Å². The molecule has 0 radical (unpaired) electrons. The summed E-state index contributed by atoms with van der Waals surface area (Å²) in [6, 6.07) is 6.52. The molecule has 0 aliphatic rings. The molecule has 0 saturated heterocycles. The van der Waals surface area contributed by atoms with Crippen molar-refractivity contribution in [3.05, 3.63) is 29.8 Å². The molecule has 0 aliphatic heterocycles. The van der Waals surface area contributed by atoms with E-state index in [1.54, 1.807) is 12.1 Å². The molecule has 0 saturated carbocycles. The van der Waals surface area contributed by atoms with Crippen LogP contribution in [0.1, 0.15) is 115 Å². The van der Waals surface area contributed by atoms with Crippen molar-refractivity contribution in [2.45, 2.75) is 121 Å². The van der Waals surface area contributed by atoms with Crippen LogP contribution in [0.15, 0.2) is 29.2 Å². The number of benzene rings is 1. The number of hydrogen-bond donors (Lipinski definition) is 0. The summed E-state index contributed by atoms with van der Waals surface area (Å²) in [5.74, 6) is 0. The van der Waals surface area contributed by atoms with Gasteiger partial charge in [-0.05, 0) is 25.5 Å². The summed E-state index contributed by atoms with van der Waals surface area (Å²) in [5, 5.41) is 0. The molecule has 0 N–H and O–H groups in total. The molecule has 50 heavy (non-hydrogen) atoms. The van der Waals surface area contributed by atoms with Crippen molar-refractivity contribution in [2.24, 2.45) is 0 Å². The van der Waals surface area contributed by atoms with E-state index >= 15 is 0 Å². The topological polar surface area (TPSA) is 108 Å². The van der Waals surface area contributed by atoms with Gasteiger partial charge in [0, 0.05) is 6.61 Å². The second-order valence-electron chi connectivity index (χ2n) is 12.7. The molecule has 1 rings (SSSR count). The first-order chi connectivity index (χ1) is 24.6. The highest BCUT2D eigenvalue weighted by atomic mass is 32.2. The average Bonchev–Trinajstić information content (AvgIpc) is 3.11. The Bertz CT molecular complexity index is 929. The molecule has 0 heterocycles. The second-order valence-corrected chi connectivity index (χ2v) is 14.3. The van der Waals surface area contributed by atoms with E-state index in [0.29, 0.717) is 79.3 Å². The fourth-order valence-electron chi connectivity index (χ4n) is 5.15. The van der Waals surface area contributed by atoms with Crippen molar-refractivity contribution in [3.8, 4) is 0 Å². The molecule has 0 atom stereocenters. The normalized spacial score (nSPS) is 11.9. The number of rotatable bonds is 40. The highest BCUT2D eigenvalue weighted by Crippen LogP contribution is 2.14. The van der Waals surface area contributed by atoms with Crippen LogP contribution >= 0.6 is 0 Å². The molecular weight excluding hydrogens is 660 g/mol. The zero-order valence-corrected chi connectivity index (χ0v) is 32.5. The van der Waals surface area contributed by atoms with E-state index in [4.69, 9.17) is 37.3 Å². The lowest BCUT2D eigenvalue weighted by atomic mass is 10.0. The molecule has 294 valence electrons. The lowest BCUT2D eigenvalue weighted by molar-refractivity contribution is -0.0212. The highest BCUT2D eigenvalue weighted by Gasteiger charge is 2.14. The summed E-state index contributed by atoms with van der Waals surface area (Å²) < 4.78 is 67.7. The lowest BCUT2D eigenvalue weighted by Crippen LogP contribution is -2.15. The fourth-order valence-corrected chi connectivity index (χ4v) is 6.04. The van der Waals surface area contributed by atoms with Gasteiger partial charge in [-0.1, -0.05) is 121 Å². The van der Waals surface area contributed by atoms with Crippen molar-refractivity contribution in [2.75, 3.05) is 99.1 Å². The van der Waals surface area contributed by atoms with Gasteiger partial charge in [0.15, 0.2) is 0 Å². The van der Waals surface area contributed by atoms with Gasteiger partial charge >= 0.3 is 0 Å². The molecule has 11 heteroatoms. The first-order valence-electron chi connectivity index (χ1n) is 19.6. The summed E-state index contributed by atoms with van der Waals surface area (Å²) in [6.07, 6.45) is 22.1. The molecule has 0 bridgehead atoms. The third-order valence-corrected chi connectivity index (χ3v) is 9.48. The van der Waals surface area contributed by atoms with E-state index in [2.05, 4.69) is 6.92 Å². The summed E-state index contributed by atoms with van der Waals surface area (Å²) >= 11 is 0. The van der Waals surface area contributed by atoms with Gasteiger partial charge in [0.05, 0.1) is 97.4 Å². The Hall–Kier alpha value is -1.15. The summed E-state index contributed by atoms with van der Waals surface area (Å²) in [6.45, 7) is 11.1. The van der Waals surface area contributed by atoms with Crippen LogP contribution in [0.5, 0.6) is 0 Å². The molecule has 0 spiro atoms. The summed E-state index contributed by atoms with van der Waals surface area (Å²) in [5.41, 5.74) is 0.983. The highest BCUT2D eigenvalue weighted by molar-refractivity contribution is 7.86. The van der Waals surface area contributed by atoms with Crippen molar-refractivity contribution >= 4 is 10.1 Å². The van der Waals surface area contributed by atoms with Crippen LogP contribution in [0.25, 0.3) is 0 Å². The zero-order valence-electron chi connectivity index (χ0n) is 31.7. The van der Waals surface area contributed by atoms with E-state index in [9.17, 15) is 8.42 Å². The minimum absolute atomic E-state index is 0.0484. The van der Waals surface area contributed by atoms with Gasteiger partial charge in [0.25, 0.3) is 10.1 Å². The number of ether oxygens (including phenoxy) is 7. The van der Waals surface area contributed by atoms with E-state index in [0.717, 1.165) is 18.6 Å². The standard InChI is InChI=1S/C39H72O10S/c1-3-4-5-6-7-8-9-10-11-12-13-14-15-16-17-18-23-42-24-25-43-26-27-44-28-29-45-30-31-46-32-33-47-34-35-48-36-37-49-50(40,41)39-21-19-38(2)20-22-39/h19-22H,3-18,23-37H2,1-2H3. The first-order valence-corrected chi connectivity index (χ1v) is 21.0. The Labute approximate surface area is 305 Å². The molecule has 0 fully saturated rings. The van der Waals surface area contributed by atoms with Crippen LogP contribution in [0.3, 0.4) is 0 Å². The summed E-state index contributed by atoms with van der Waals surface area (Å²) in [7, 11) is -3.76. The molecule has 0 amide bonds. The third kappa shape index (κ3) is 31.6. The maximum Gasteiger partial charge on any atom is 0.297 e. The Kier molecular flexibility index (Phi) is 34.0. The molecule has 10 nitrogen and oxygen atoms in total. The predicted molar refractivity (Wildman–Crippen MR) is 200 cm³/mol. The molecular formula is C39H72O10S. The first kappa shape index (κ1) is 46.9. The van der Waals surface area contributed by atoms with Crippen LogP contribution < -0.4 is 0 Å². The SMILES string of the molecule is CCCCCCCCCCCCCCCCCCOCCOCCOCCOCCOCCOCCOCCOS(=O)(=O)c1ccc(C)cc1. The van der Waals surface area contributed by atoms with Gasteiger partial charge in [-0.3, -0.25) is 4.18 Å². The Morgan fingerprint density at radius 2 is 0.660 bits per heavy atom. The zero-order chi connectivity index (χ0) is 36.1. The smallest absolute Gasteiger partial charge is 0.297 e. The van der Waals surface area contributed by atoms with Crippen molar-refractivity contribution in [1.82, 2.24) is 0 Å². The largest absolute Gasteiger partial charge is 0.379 e. The molecule has 0 aromatic heterocycles. The summed E-state index contributed by atoms with van der Waals surface area (Å²) in [4.78, 5) is 0.137. The Balaban J connectivity index is 1.66. The average molecular weight is 733 g/mol. The van der Waals surface area contributed by atoms with Gasteiger partial charge in [-0.15, -0.1) is 0 Å². The van der Waals surface area contributed by atoms with Gasteiger partial charge < -0.3 is 33.2 Å². The Morgan fingerprint density at radius 1 is 0.380 bits per heavy atom. The van der Waals surface area contributed by atoms with Crippen molar-refractivity contribution in [1.29, 1.82) is 0 Å². The van der Waals surface area contributed by atoms with E-state index in [1.165, 1.54) is 108 Å². The minimum Gasteiger partial charge on any atom is -0.379 e. The minimum atomic E-state index is -3.76. The molecule has 0 unspecified atom stereocenters. The molecule has 1 aromatic rings. The van der Waals surface area contributed by atoms with Crippen molar-refractivity contribution in [3.63, 3.8) is 0 Å². The fraction of sp³-hybridized carbons (Fsp3) is 0.846. The number of hydrogen-bond acceptors (Lipinski definition) is 10. The van der Waals surface area contributed by atoms with Gasteiger partial charge in [0.2, 0.25) is 0 Å². The second kappa shape index (κ2) is 36.2. The monoisotopic (exact) mass is 732 g/mol. The lowest BCUT2D eigenvalue weighted by Gasteiger charge is -2.09. The van der Waals surface area contributed by atoms with Crippen LogP contribution in [0, 0.1) is 6.92 Å². The number of unbranched alkanes of at least 4 members (excludes halogenated alkanes) is 15. The predicted octanol–water partition coefficient (Wildman–Crippen LogP) is 8.08. The van der Waals surface area contributed by atoms with Crippen LogP contribution in [-0.2, 0) is 47.5 Å². The van der Waals surface area contributed by atoms with E-state index < -0.39 is 10.1 Å². The number of aryl methyl sites for hydroxylation is 1. The van der Waals surface area contributed by atoms with Crippen LogP contribution in [-0.4, -0.2) is 108 Å². The van der Waals surface area contributed by atoms with Gasteiger partial charge in [-0.2, -0.15) is 8.42 Å². The third-order valence-electron chi connectivity index (χ3n) is 8.15. The van der Waals surface area contributed by atoms with E-state index in [-0.39, 0.29) is 18.1 Å². The maximum atomic E-state index is 12.1. The quantitative estimate of drug-likeness (QED) is 0.0486. The Morgan fingerprint density at radius 3 is 1.00 bits per heavy atom. The van der Waals surface area contributed by atoms with Gasteiger partial charge in [0.1, 0.15) is 0 Å². The molecule has 0 aliphatic carbocycles. The van der Waals surface area contributed by atoms with Crippen molar-refractivity contribution < 1.29 is 45.8 Å². The van der Waals surface area contributed by atoms with Crippen LogP contribution in [0.4, 0.5) is 0 Å². The van der Waals surface area contributed by atoms with Crippen LogP contribution in [0.2, 0.25) is 0 Å².